The predicted octanol–water partition coefficient (Wildman–Crippen LogP) is 2.25. The molecule has 1 heterocycles. The van der Waals surface area contributed by atoms with Crippen LogP contribution in [-0.4, -0.2) is 37.1 Å². The number of amides is 1. The number of hydrogen-bond acceptors (Lipinski definition) is 8. The zero-order valence-electron chi connectivity index (χ0n) is 14.2. The summed E-state index contributed by atoms with van der Waals surface area (Å²) in [5.74, 6) is -0.837. The van der Waals surface area contributed by atoms with Crippen molar-refractivity contribution in [3.05, 3.63) is 29.8 Å². The number of nitrogens with one attached hydrogen (secondary N) is 2. The van der Waals surface area contributed by atoms with Crippen LogP contribution in [0.5, 0.6) is 0 Å². The van der Waals surface area contributed by atoms with Crippen LogP contribution in [0.4, 0.5) is 10.8 Å². The van der Waals surface area contributed by atoms with E-state index in [2.05, 4.69) is 20.2 Å². The Morgan fingerprint density at radius 1 is 1.19 bits per heavy atom. The fraction of sp³-hybridized carbons (Fsp3) is 0.333. The lowest BCUT2D eigenvalue weighted by molar-refractivity contribution is -0.114. The molecule has 0 fully saturated rings. The molecule has 9 nitrogen and oxygen atoms in total. The molecule has 0 saturated carbocycles. The summed E-state index contributed by atoms with van der Waals surface area (Å²) in [7, 11) is -3.95. The van der Waals surface area contributed by atoms with Gasteiger partial charge in [0.2, 0.25) is 11.0 Å². The molecular formula is C15H18N4O5S2. The van der Waals surface area contributed by atoms with Gasteiger partial charge in [0.25, 0.3) is 14.4 Å². The lowest BCUT2D eigenvalue weighted by Gasteiger charge is -2.07. The number of aromatic nitrogens is 2. The molecule has 0 radical (unpaired) electrons. The molecule has 1 aromatic heterocycles. The summed E-state index contributed by atoms with van der Waals surface area (Å²) in [6.07, 6.45) is 1.70. The maximum absolute atomic E-state index is 12.3. The standard InChI is InChI=1S/C15H18N4O5S2/c1-3-4-9-24-13(21)11-5-7-12(8-6-11)19-26(22,23)15-18-17-14(25-15)16-10(2)20/h5-8,19H,3-4,9H2,1-2H3,(H,16,17,20). The molecule has 2 aromatic rings. The molecule has 0 bridgehead atoms. The lowest BCUT2D eigenvalue weighted by Crippen LogP contribution is -2.13. The van der Waals surface area contributed by atoms with Crippen molar-refractivity contribution < 1.29 is 22.7 Å². The van der Waals surface area contributed by atoms with Gasteiger partial charge in [-0.25, -0.2) is 4.79 Å². The van der Waals surface area contributed by atoms with Crippen molar-refractivity contribution in [2.24, 2.45) is 0 Å². The first-order valence-corrected chi connectivity index (χ1v) is 10.0. The van der Waals surface area contributed by atoms with Crippen molar-refractivity contribution in [3.8, 4) is 0 Å². The lowest BCUT2D eigenvalue weighted by atomic mass is 10.2. The molecule has 0 atom stereocenters. The van der Waals surface area contributed by atoms with Crippen molar-refractivity contribution in [3.63, 3.8) is 0 Å². The second kappa shape index (κ2) is 8.72. The molecule has 1 aromatic carbocycles. The summed E-state index contributed by atoms with van der Waals surface area (Å²) >= 11 is 0.728. The Labute approximate surface area is 154 Å². The SMILES string of the molecule is CCCCOC(=O)c1ccc(NS(=O)(=O)c2nnc(NC(C)=O)s2)cc1. The predicted molar refractivity (Wildman–Crippen MR) is 96.7 cm³/mol. The summed E-state index contributed by atoms with van der Waals surface area (Å²) in [5.41, 5.74) is 0.583. The van der Waals surface area contributed by atoms with Gasteiger partial charge < -0.3 is 10.1 Å². The van der Waals surface area contributed by atoms with Gasteiger partial charge in [0.05, 0.1) is 12.2 Å². The molecule has 0 aliphatic carbocycles. The highest BCUT2D eigenvalue weighted by Crippen LogP contribution is 2.22. The summed E-state index contributed by atoms with van der Waals surface area (Å²) in [4.78, 5) is 22.8. The maximum Gasteiger partial charge on any atom is 0.338 e. The van der Waals surface area contributed by atoms with Crippen LogP contribution >= 0.6 is 11.3 Å². The minimum atomic E-state index is -3.95. The fourth-order valence-corrected chi connectivity index (χ4v) is 3.79. The van der Waals surface area contributed by atoms with Crippen molar-refractivity contribution in [2.75, 3.05) is 16.6 Å². The van der Waals surface area contributed by atoms with E-state index in [-0.39, 0.29) is 21.1 Å². The van der Waals surface area contributed by atoms with Gasteiger partial charge in [0.1, 0.15) is 0 Å². The van der Waals surface area contributed by atoms with E-state index in [9.17, 15) is 18.0 Å². The first kappa shape index (κ1) is 19.8. The van der Waals surface area contributed by atoms with Crippen molar-refractivity contribution in [2.45, 2.75) is 31.0 Å². The number of nitrogens with zero attached hydrogens (tertiary/aromatic N) is 2. The van der Waals surface area contributed by atoms with Crippen LogP contribution in [0.25, 0.3) is 0 Å². The maximum atomic E-state index is 12.3. The Hall–Kier alpha value is -2.53. The van der Waals surface area contributed by atoms with Crippen LogP contribution in [0.15, 0.2) is 28.6 Å². The summed E-state index contributed by atoms with van der Waals surface area (Å²) < 4.78 is 31.7. The molecular weight excluding hydrogens is 380 g/mol. The quantitative estimate of drug-likeness (QED) is 0.396. The number of hydrogen-bond donors (Lipinski definition) is 2. The largest absolute Gasteiger partial charge is 0.462 e. The number of carbonyl (C=O) groups is 2. The second-order valence-corrected chi connectivity index (χ2v) is 8.06. The topological polar surface area (TPSA) is 127 Å². The van der Waals surface area contributed by atoms with Gasteiger partial charge in [0, 0.05) is 12.6 Å². The summed E-state index contributed by atoms with van der Waals surface area (Å²) in [6, 6.07) is 5.83. The minimum Gasteiger partial charge on any atom is -0.462 e. The molecule has 0 aliphatic rings. The summed E-state index contributed by atoms with van der Waals surface area (Å²) in [6.45, 7) is 3.62. The Morgan fingerprint density at radius 2 is 1.88 bits per heavy atom. The number of rotatable bonds is 8. The van der Waals surface area contributed by atoms with Crippen LogP contribution in [-0.2, 0) is 19.6 Å². The number of anilines is 2. The van der Waals surface area contributed by atoms with E-state index in [1.165, 1.54) is 31.2 Å². The Morgan fingerprint density at radius 3 is 2.50 bits per heavy atom. The van der Waals surface area contributed by atoms with Crippen LogP contribution in [0.1, 0.15) is 37.0 Å². The number of sulfonamides is 1. The van der Waals surface area contributed by atoms with Crippen molar-refractivity contribution in [1.29, 1.82) is 0 Å². The highest BCUT2D eigenvalue weighted by Gasteiger charge is 2.21. The zero-order valence-corrected chi connectivity index (χ0v) is 15.8. The average molecular weight is 398 g/mol. The zero-order chi connectivity index (χ0) is 19.2. The molecule has 26 heavy (non-hydrogen) atoms. The molecule has 0 aliphatic heterocycles. The second-order valence-electron chi connectivity index (χ2n) is 5.23. The molecule has 2 N–H and O–H groups in total. The van der Waals surface area contributed by atoms with Gasteiger partial charge >= 0.3 is 5.97 Å². The van der Waals surface area contributed by atoms with Crippen LogP contribution < -0.4 is 10.0 Å². The monoisotopic (exact) mass is 398 g/mol. The number of carbonyl (C=O) groups excluding carboxylic acids is 2. The fourth-order valence-electron chi connectivity index (χ4n) is 1.79. The van der Waals surface area contributed by atoms with E-state index in [1.54, 1.807) is 0 Å². The Bertz CT molecular complexity index is 878. The van der Waals surface area contributed by atoms with Gasteiger partial charge in [-0.3, -0.25) is 9.52 Å². The van der Waals surface area contributed by atoms with Crippen LogP contribution in [0.2, 0.25) is 0 Å². The van der Waals surface area contributed by atoms with Gasteiger partial charge in [-0.1, -0.05) is 24.7 Å². The van der Waals surface area contributed by atoms with Gasteiger partial charge in [-0.05, 0) is 30.7 Å². The van der Waals surface area contributed by atoms with Crippen molar-refractivity contribution >= 4 is 44.1 Å². The normalized spacial score (nSPS) is 11.0. The smallest absolute Gasteiger partial charge is 0.338 e. The highest BCUT2D eigenvalue weighted by atomic mass is 32.2. The van der Waals surface area contributed by atoms with Crippen LogP contribution in [0, 0.1) is 0 Å². The third-order valence-electron chi connectivity index (χ3n) is 3.02. The number of ether oxygens (including phenoxy) is 1. The van der Waals surface area contributed by atoms with Gasteiger partial charge in [0.15, 0.2) is 0 Å². The average Bonchev–Trinajstić information content (AvgIpc) is 3.04. The van der Waals surface area contributed by atoms with E-state index in [0.717, 1.165) is 24.2 Å². The molecule has 0 saturated heterocycles. The number of esters is 1. The third-order valence-corrected chi connectivity index (χ3v) is 5.61. The molecule has 11 heteroatoms. The third kappa shape index (κ3) is 5.49. The van der Waals surface area contributed by atoms with E-state index in [4.69, 9.17) is 4.74 Å². The highest BCUT2D eigenvalue weighted by molar-refractivity contribution is 7.94. The van der Waals surface area contributed by atoms with E-state index >= 15 is 0 Å². The van der Waals surface area contributed by atoms with Gasteiger partial charge in [-0.15, -0.1) is 10.2 Å². The van der Waals surface area contributed by atoms with E-state index in [1.807, 2.05) is 6.92 Å². The van der Waals surface area contributed by atoms with E-state index < -0.39 is 16.0 Å². The van der Waals surface area contributed by atoms with Crippen molar-refractivity contribution in [1.82, 2.24) is 10.2 Å². The number of unbranched alkanes of at least 4 members (excludes halogenated alkanes) is 1. The van der Waals surface area contributed by atoms with E-state index in [0.29, 0.717) is 12.2 Å². The Kier molecular flexibility index (Phi) is 6.64. The number of benzene rings is 1. The molecule has 0 unspecified atom stereocenters. The first-order chi connectivity index (χ1) is 12.3. The molecule has 140 valence electrons. The molecule has 1 amide bonds. The Balaban J connectivity index is 2.04. The van der Waals surface area contributed by atoms with Crippen LogP contribution in [0.3, 0.4) is 0 Å². The first-order valence-electron chi connectivity index (χ1n) is 7.73. The minimum absolute atomic E-state index is 0.0862. The molecule has 0 spiro atoms. The van der Waals surface area contributed by atoms with Gasteiger partial charge in [-0.2, -0.15) is 8.42 Å². The summed E-state index contributed by atoms with van der Waals surface area (Å²) in [5, 5.41) is 9.60. The molecule has 2 rings (SSSR count).